The Hall–Kier alpha value is -0.560. The number of rotatable bonds is 0. The van der Waals surface area contributed by atoms with Crippen LogP contribution in [0.25, 0.3) is 0 Å². The minimum absolute atomic E-state index is 0.231. The van der Waals surface area contributed by atoms with Gasteiger partial charge in [0, 0.05) is 6.04 Å². The molecule has 2 atom stereocenters. The van der Waals surface area contributed by atoms with Gasteiger partial charge < -0.3 is 5.73 Å². The van der Waals surface area contributed by atoms with Gasteiger partial charge in [0.1, 0.15) is 0 Å². The first kappa shape index (κ1) is 7.11. The number of hydrogen-bond donors (Lipinski definition) is 1. The topological polar surface area (TPSA) is 26.0 Å². The molecule has 1 nitrogen and oxygen atoms in total. The van der Waals surface area contributed by atoms with E-state index in [1.165, 1.54) is 31.3 Å². The Morgan fingerprint density at radius 3 is 3.18 bits per heavy atom. The molecule has 0 radical (unpaired) electrons. The summed E-state index contributed by atoms with van der Waals surface area (Å²) in [5, 5.41) is 0. The third-order valence-corrected chi connectivity index (χ3v) is 2.76. The maximum atomic E-state index is 5.93. The Balaban J connectivity index is 2.23. The van der Waals surface area contributed by atoms with Crippen LogP contribution in [-0.2, 0) is 0 Å². The second-order valence-corrected chi connectivity index (χ2v) is 3.52. The molecular weight excluding hydrogens is 134 g/mol. The SMILES string of the molecule is NC1C=CCC2CCCC=C12. The van der Waals surface area contributed by atoms with Crippen molar-refractivity contribution in [3.05, 3.63) is 23.8 Å². The highest BCUT2D eigenvalue weighted by Crippen LogP contribution is 2.32. The minimum atomic E-state index is 0.231. The maximum absolute atomic E-state index is 5.93. The maximum Gasteiger partial charge on any atom is 0.0443 e. The summed E-state index contributed by atoms with van der Waals surface area (Å²) in [6.45, 7) is 0. The molecule has 0 bridgehead atoms. The Bertz CT molecular complexity index is 203. The van der Waals surface area contributed by atoms with E-state index in [4.69, 9.17) is 5.73 Å². The fourth-order valence-corrected chi connectivity index (χ4v) is 2.13. The lowest BCUT2D eigenvalue weighted by molar-refractivity contribution is 0.483. The molecule has 0 saturated heterocycles. The highest BCUT2D eigenvalue weighted by molar-refractivity contribution is 5.26. The van der Waals surface area contributed by atoms with E-state index in [1.807, 2.05) is 0 Å². The van der Waals surface area contributed by atoms with E-state index >= 15 is 0 Å². The van der Waals surface area contributed by atoms with Crippen LogP contribution in [0.4, 0.5) is 0 Å². The van der Waals surface area contributed by atoms with Gasteiger partial charge in [-0.05, 0) is 31.6 Å². The highest BCUT2D eigenvalue weighted by atomic mass is 14.6. The summed E-state index contributed by atoms with van der Waals surface area (Å²) < 4.78 is 0. The molecule has 0 aromatic carbocycles. The molecule has 0 heterocycles. The Morgan fingerprint density at radius 2 is 2.36 bits per heavy atom. The summed E-state index contributed by atoms with van der Waals surface area (Å²) in [5.74, 6) is 0.781. The first-order valence-corrected chi connectivity index (χ1v) is 4.50. The molecule has 1 heteroatoms. The summed E-state index contributed by atoms with van der Waals surface area (Å²) in [4.78, 5) is 0. The number of hydrogen-bond acceptors (Lipinski definition) is 1. The molecule has 60 valence electrons. The smallest absolute Gasteiger partial charge is 0.0443 e. The summed E-state index contributed by atoms with van der Waals surface area (Å²) in [7, 11) is 0. The Labute approximate surface area is 68.0 Å². The van der Waals surface area contributed by atoms with Crippen molar-refractivity contribution < 1.29 is 0 Å². The Morgan fingerprint density at radius 1 is 1.45 bits per heavy atom. The second kappa shape index (κ2) is 2.82. The molecule has 2 unspecified atom stereocenters. The first-order chi connectivity index (χ1) is 5.38. The first-order valence-electron chi connectivity index (χ1n) is 4.50. The summed E-state index contributed by atoms with van der Waals surface area (Å²) in [6.07, 6.45) is 11.9. The average molecular weight is 149 g/mol. The van der Waals surface area contributed by atoms with Crippen LogP contribution in [0.15, 0.2) is 23.8 Å². The van der Waals surface area contributed by atoms with E-state index in [0.717, 1.165) is 5.92 Å². The Kier molecular flexibility index (Phi) is 1.82. The lowest BCUT2D eigenvalue weighted by atomic mass is 9.79. The molecule has 2 aliphatic carbocycles. The van der Waals surface area contributed by atoms with Crippen molar-refractivity contribution in [2.45, 2.75) is 31.7 Å². The quantitative estimate of drug-likeness (QED) is 0.524. The third kappa shape index (κ3) is 1.25. The van der Waals surface area contributed by atoms with Gasteiger partial charge in [0.05, 0.1) is 0 Å². The fourth-order valence-electron chi connectivity index (χ4n) is 2.13. The van der Waals surface area contributed by atoms with Crippen LogP contribution in [0.5, 0.6) is 0 Å². The normalized spacial score (nSPS) is 36.3. The van der Waals surface area contributed by atoms with Crippen molar-refractivity contribution >= 4 is 0 Å². The van der Waals surface area contributed by atoms with Crippen LogP contribution in [-0.4, -0.2) is 6.04 Å². The van der Waals surface area contributed by atoms with Gasteiger partial charge in [0.25, 0.3) is 0 Å². The summed E-state index contributed by atoms with van der Waals surface area (Å²) in [5.41, 5.74) is 7.43. The van der Waals surface area contributed by atoms with Gasteiger partial charge >= 0.3 is 0 Å². The van der Waals surface area contributed by atoms with Crippen LogP contribution in [0.2, 0.25) is 0 Å². The molecule has 0 spiro atoms. The van der Waals surface area contributed by atoms with E-state index in [1.54, 1.807) is 0 Å². The largest absolute Gasteiger partial charge is 0.321 e. The summed E-state index contributed by atoms with van der Waals surface area (Å²) in [6, 6.07) is 0.231. The molecule has 11 heavy (non-hydrogen) atoms. The van der Waals surface area contributed by atoms with Gasteiger partial charge in [-0.25, -0.2) is 0 Å². The van der Waals surface area contributed by atoms with Crippen molar-refractivity contribution in [3.63, 3.8) is 0 Å². The third-order valence-electron chi connectivity index (χ3n) is 2.76. The van der Waals surface area contributed by atoms with Crippen LogP contribution in [0.1, 0.15) is 25.7 Å². The lowest BCUT2D eigenvalue weighted by Crippen LogP contribution is -2.29. The zero-order valence-electron chi connectivity index (χ0n) is 6.79. The molecule has 0 aliphatic heterocycles. The van der Waals surface area contributed by atoms with Crippen LogP contribution in [0, 0.1) is 5.92 Å². The van der Waals surface area contributed by atoms with E-state index in [0.29, 0.717) is 0 Å². The standard InChI is InChI=1S/C10H15N/c11-10-7-3-5-8-4-1-2-6-9(8)10/h3,6-8,10H,1-2,4-5,11H2. The van der Waals surface area contributed by atoms with Gasteiger partial charge in [-0.15, -0.1) is 0 Å². The second-order valence-electron chi connectivity index (χ2n) is 3.52. The number of fused-ring (bicyclic) bond motifs is 1. The molecule has 0 saturated carbocycles. The molecule has 0 amide bonds. The number of nitrogens with two attached hydrogens (primary N) is 1. The molecule has 0 aromatic rings. The van der Waals surface area contributed by atoms with Crippen LogP contribution >= 0.6 is 0 Å². The van der Waals surface area contributed by atoms with E-state index < -0.39 is 0 Å². The van der Waals surface area contributed by atoms with Gasteiger partial charge in [-0.3, -0.25) is 0 Å². The zero-order valence-corrected chi connectivity index (χ0v) is 6.79. The molecule has 0 fully saturated rings. The molecule has 2 N–H and O–H groups in total. The van der Waals surface area contributed by atoms with Gasteiger partial charge in [0.15, 0.2) is 0 Å². The van der Waals surface area contributed by atoms with Crippen LogP contribution in [0.3, 0.4) is 0 Å². The number of allylic oxidation sites excluding steroid dienone is 2. The van der Waals surface area contributed by atoms with Crippen molar-refractivity contribution in [2.24, 2.45) is 11.7 Å². The van der Waals surface area contributed by atoms with E-state index in [-0.39, 0.29) is 6.04 Å². The molecule has 2 rings (SSSR count). The predicted octanol–water partition coefficient (Wildman–Crippen LogP) is 2.00. The summed E-state index contributed by atoms with van der Waals surface area (Å²) >= 11 is 0. The van der Waals surface area contributed by atoms with E-state index in [2.05, 4.69) is 18.2 Å². The van der Waals surface area contributed by atoms with Gasteiger partial charge in [-0.2, -0.15) is 0 Å². The predicted molar refractivity (Wildman–Crippen MR) is 47.2 cm³/mol. The van der Waals surface area contributed by atoms with Crippen molar-refractivity contribution in [2.75, 3.05) is 0 Å². The van der Waals surface area contributed by atoms with Crippen molar-refractivity contribution in [1.82, 2.24) is 0 Å². The van der Waals surface area contributed by atoms with E-state index in [9.17, 15) is 0 Å². The van der Waals surface area contributed by atoms with Crippen molar-refractivity contribution in [3.8, 4) is 0 Å². The molecule has 0 aromatic heterocycles. The highest BCUT2D eigenvalue weighted by Gasteiger charge is 2.22. The molecule has 2 aliphatic rings. The molecular formula is C10H15N. The van der Waals surface area contributed by atoms with Gasteiger partial charge in [-0.1, -0.05) is 23.8 Å². The van der Waals surface area contributed by atoms with Gasteiger partial charge in [0.2, 0.25) is 0 Å². The minimum Gasteiger partial charge on any atom is -0.321 e. The zero-order chi connectivity index (χ0) is 7.68. The lowest BCUT2D eigenvalue weighted by Gasteiger charge is -2.29. The monoisotopic (exact) mass is 149 g/mol. The van der Waals surface area contributed by atoms with Crippen LogP contribution < -0.4 is 5.73 Å². The fraction of sp³-hybridized carbons (Fsp3) is 0.600. The van der Waals surface area contributed by atoms with Crippen molar-refractivity contribution in [1.29, 1.82) is 0 Å². The average Bonchev–Trinajstić information content (AvgIpc) is 2.06.